The van der Waals surface area contributed by atoms with Crippen LogP contribution < -0.4 is 4.72 Å². The fourth-order valence-corrected chi connectivity index (χ4v) is 3.22. The normalized spacial score (nSPS) is 11.4. The molecule has 0 fully saturated rings. The van der Waals surface area contributed by atoms with E-state index >= 15 is 0 Å². The van der Waals surface area contributed by atoms with Gasteiger partial charge in [-0.3, -0.25) is 0 Å². The van der Waals surface area contributed by atoms with Gasteiger partial charge in [-0.05, 0) is 47.7 Å². The average Bonchev–Trinajstić information content (AvgIpc) is 2.55. The lowest BCUT2D eigenvalue weighted by molar-refractivity contribution is 0.581. The van der Waals surface area contributed by atoms with Gasteiger partial charge in [0.05, 0.1) is 16.5 Å². The van der Waals surface area contributed by atoms with Crippen molar-refractivity contribution in [3.63, 3.8) is 0 Å². The van der Waals surface area contributed by atoms with E-state index in [1.807, 2.05) is 18.2 Å². The number of rotatable bonds is 6. The van der Waals surface area contributed by atoms with E-state index in [1.165, 1.54) is 29.8 Å². The second kappa shape index (κ2) is 7.40. The highest BCUT2D eigenvalue weighted by molar-refractivity contribution is 7.89. The maximum absolute atomic E-state index is 12.2. The Balaban J connectivity index is 1.95. The molecule has 23 heavy (non-hydrogen) atoms. The number of hydrogen-bond acceptors (Lipinski definition) is 3. The molecule has 0 atom stereocenters. The van der Waals surface area contributed by atoms with E-state index in [0.717, 1.165) is 5.56 Å². The Labute approximate surface area is 137 Å². The van der Waals surface area contributed by atoms with Crippen molar-refractivity contribution < 1.29 is 8.42 Å². The smallest absolute Gasteiger partial charge is 0.211 e. The number of nitrogens with zero attached hydrogens (tertiary/aromatic N) is 1. The highest BCUT2D eigenvalue weighted by Crippen LogP contribution is 2.15. The molecule has 2 rings (SSSR count). The Morgan fingerprint density at radius 1 is 1.04 bits per heavy atom. The van der Waals surface area contributed by atoms with E-state index in [1.54, 1.807) is 0 Å². The average molecular weight is 328 g/mol. The number of hydrogen-bond donors (Lipinski definition) is 1. The Morgan fingerprint density at radius 2 is 1.65 bits per heavy atom. The third-order valence-corrected chi connectivity index (χ3v) is 5.12. The van der Waals surface area contributed by atoms with E-state index in [2.05, 4.69) is 30.7 Å². The second-order valence-corrected chi connectivity index (χ2v) is 7.45. The first-order valence-corrected chi connectivity index (χ1v) is 8.99. The van der Waals surface area contributed by atoms with Gasteiger partial charge in [-0.15, -0.1) is 0 Å². The summed E-state index contributed by atoms with van der Waals surface area (Å²) in [7, 11) is -3.54. The minimum atomic E-state index is -3.54. The molecule has 0 amide bonds. The Kier molecular flexibility index (Phi) is 5.54. The number of sulfonamides is 1. The van der Waals surface area contributed by atoms with Crippen LogP contribution in [0, 0.1) is 11.3 Å². The molecule has 0 aliphatic rings. The number of nitrogens with one attached hydrogen (secondary N) is 1. The molecule has 4 nitrogen and oxygen atoms in total. The Morgan fingerprint density at radius 3 is 2.17 bits per heavy atom. The second-order valence-electron chi connectivity index (χ2n) is 5.68. The zero-order valence-electron chi connectivity index (χ0n) is 13.3. The molecule has 0 aliphatic carbocycles. The summed E-state index contributed by atoms with van der Waals surface area (Å²) in [6.45, 7) is 4.62. The van der Waals surface area contributed by atoms with Crippen molar-refractivity contribution in [1.82, 2.24) is 4.72 Å². The fourth-order valence-electron chi connectivity index (χ4n) is 2.19. The van der Waals surface area contributed by atoms with Gasteiger partial charge < -0.3 is 0 Å². The molecule has 5 heteroatoms. The van der Waals surface area contributed by atoms with Gasteiger partial charge in [0, 0.05) is 6.54 Å². The zero-order valence-corrected chi connectivity index (χ0v) is 14.1. The van der Waals surface area contributed by atoms with Crippen molar-refractivity contribution in [2.75, 3.05) is 6.54 Å². The van der Waals surface area contributed by atoms with Gasteiger partial charge in [0.2, 0.25) is 10.0 Å². The standard InChI is InChI=1S/C18H20N2O2S/c1-14(2)17-7-3-15(4-8-17)11-12-20-23(21,22)18-9-5-16(13-19)6-10-18/h3-10,14,20H,11-12H2,1-2H3. The maximum Gasteiger partial charge on any atom is 0.240 e. The molecule has 1 N–H and O–H groups in total. The molecule has 0 saturated heterocycles. The topological polar surface area (TPSA) is 70.0 Å². The van der Waals surface area contributed by atoms with Crippen LogP contribution in [0.3, 0.4) is 0 Å². The van der Waals surface area contributed by atoms with Gasteiger partial charge in [0.15, 0.2) is 0 Å². The minimum Gasteiger partial charge on any atom is -0.211 e. The minimum absolute atomic E-state index is 0.173. The summed E-state index contributed by atoms with van der Waals surface area (Å²) in [5, 5.41) is 8.74. The van der Waals surface area contributed by atoms with E-state index in [-0.39, 0.29) is 4.90 Å². The molecule has 0 heterocycles. The molecular formula is C18H20N2O2S. The summed E-state index contributed by atoms with van der Waals surface area (Å²) in [5.41, 5.74) is 2.80. The van der Waals surface area contributed by atoms with Gasteiger partial charge in [0.25, 0.3) is 0 Å². The van der Waals surface area contributed by atoms with E-state index in [0.29, 0.717) is 24.4 Å². The fraction of sp³-hybridized carbons (Fsp3) is 0.278. The highest BCUT2D eigenvalue weighted by atomic mass is 32.2. The van der Waals surface area contributed by atoms with Crippen molar-refractivity contribution in [3.8, 4) is 6.07 Å². The van der Waals surface area contributed by atoms with E-state index < -0.39 is 10.0 Å². The molecule has 0 spiro atoms. The summed E-state index contributed by atoms with van der Waals surface area (Å²) in [6, 6.07) is 16.1. The zero-order chi connectivity index (χ0) is 16.9. The maximum atomic E-state index is 12.2. The van der Waals surface area contributed by atoms with E-state index in [9.17, 15) is 8.42 Å². The van der Waals surface area contributed by atoms with Crippen molar-refractivity contribution in [3.05, 3.63) is 65.2 Å². The third-order valence-electron chi connectivity index (χ3n) is 3.65. The van der Waals surface area contributed by atoms with Crippen molar-refractivity contribution >= 4 is 10.0 Å². The lowest BCUT2D eigenvalue weighted by Crippen LogP contribution is -2.26. The van der Waals surface area contributed by atoms with Crippen LogP contribution in [0.1, 0.15) is 36.5 Å². The molecule has 0 saturated carbocycles. The lowest BCUT2D eigenvalue weighted by Gasteiger charge is -2.09. The molecule has 2 aromatic rings. The molecule has 0 aromatic heterocycles. The number of benzene rings is 2. The summed E-state index contributed by atoms with van der Waals surface area (Å²) in [5.74, 6) is 0.485. The summed E-state index contributed by atoms with van der Waals surface area (Å²) < 4.78 is 26.9. The van der Waals surface area contributed by atoms with Gasteiger partial charge in [-0.1, -0.05) is 38.1 Å². The number of nitriles is 1. The van der Waals surface area contributed by atoms with Gasteiger partial charge in [-0.25, -0.2) is 13.1 Å². The summed E-state index contributed by atoms with van der Waals surface area (Å²) >= 11 is 0. The molecule has 0 aliphatic heterocycles. The van der Waals surface area contributed by atoms with Crippen molar-refractivity contribution in [1.29, 1.82) is 5.26 Å². The van der Waals surface area contributed by atoms with Crippen molar-refractivity contribution in [2.24, 2.45) is 0 Å². The molecule has 0 unspecified atom stereocenters. The predicted molar refractivity (Wildman–Crippen MR) is 90.6 cm³/mol. The van der Waals surface area contributed by atoms with Crippen LogP contribution in [0.5, 0.6) is 0 Å². The third kappa shape index (κ3) is 4.65. The highest BCUT2D eigenvalue weighted by Gasteiger charge is 2.13. The van der Waals surface area contributed by atoms with E-state index in [4.69, 9.17) is 5.26 Å². The summed E-state index contributed by atoms with van der Waals surface area (Å²) in [4.78, 5) is 0.173. The Hall–Kier alpha value is -2.16. The first-order chi connectivity index (χ1) is 10.9. The predicted octanol–water partition coefficient (Wildman–Crippen LogP) is 3.20. The quantitative estimate of drug-likeness (QED) is 0.885. The van der Waals surface area contributed by atoms with Crippen molar-refractivity contribution in [2.45, 2.75) is 31.1 Å². The van der Waals surface area contributed by atoms with Gasteiger partial charge in [0.1, 0.15) is 0 Å². The SMILES string of the molecule is CC(C)c1ccc(CCNS(=O)(=O)c2ccc(C#N)cc2)cc1. The molecule has 0 radical (unpaired) electrons. The van der Waals surface area contributed by atoms with Gasteiger partial charge >= 0.3 is 0 Å². The first-order valence-electron chi connectivity index (χ1n) is 7.51. The van der Waals surface area contributed by atoms with Gasteiger partial charge in [-0.2, -0.15) is 5.26 Å². The van der Waals surface area contributed by atoms with Crippen LogP contribution in [-0.4, -0.2) is 15.0 Å². The monoisotopic (exact) mass is 328 g/mol. The summed E-state index contributed by atoms with van der Waals surface area (Å²) in [6.07, 6.45) is 0.633. The molecular weight excluding hydrogens is 308 g/mol. The largest absolute Gasteiger partial charge is 0.240 e. The molecule has 2 aromatic carbocycles. The molecule has 120 valence electrons. The Bertz CT molecular complexity index is 786. The first kappa shape index (κ1) is 17.2. The lowest BCUT2D eigenvalue weighted by atomic mass is 10.0. The van der Waals surface area contributed by atoms with Crippen LogP contribution in [0.15, 0.2) is 53.4 Å². The van der Waals surface area contributed by atoms with Crippen LogP contribution >= 0.6 is 0 Å². The molecule has 0 bridgehead atoms. The van der Waals surface area contributed by atoms with Crippen LogP contribution in [0.4, 0.5) is 0 Å². The van der Waals surface area contributed by atoms with Crippen LogP contribution in [0.2, 0.25) is 0 Å². The van der Waals surface area contributed by atoms with Crippen LogP contribution in [0.25, 0.3) is 0 Å². The van der Waals surface area contributed by atoms with Crippen LogP contribution in [-0.2, 0) is 16.4 Å².